The van der Waals surface area contributed by atoms with Crippen molar-refractivity contribution in [2.75, 3.05) is 25.1 Å². The number of ether oxygens (including phenoxy) is 1. The average molecular weight is 412 g/mol. The first-order chi connectivity index (χ1) is 13.3. The third-order valence-corrected chi connectivity index (χ3v) is 5.88. The predicted molar refractivity (Wildman–Crippen MR) is 99.1 cm³/mol. The molecule has 3 rings (SSSR count). The summed E-state index contributed by atoms with van der Waals surface area (Å²) in [5.41, 5.74) is -1.79. The van der Waals surface area contributed by atoms with Gasteiger partial charge in [-0.15, -0.1) is 11.3 Å². The quantitative estimate of drug-likeness (QED) is 0.755. The number of anilines is 1. The lowest BCUT2D eigenvalue weighted by molar-refractivity contribution is -0.138. The molecule has 0 spiro atoms. The number of hydrogen-bond acceptors (Lipinski definition) is 4. The molecule has 0 radical (unpaired) electrons. The summed E-state index contributed by atoms with van der Waals surface area (Å²) in [6.07, 6.45) is -3.26. The second-order valence-electron chi connectivity index (χ2n) is 6.55. The second kappa shape index (κ2) is 8.32. The molecule has 2 aromatic rings. The van der Waals surface area contributed by atoms with Crippen LogP contribution in [-0.4, -0.2) is 31.6 Å². The van der Waals surface area contributed by atoms with Gasteiger partial charge in [-0.05, 0) is 36.4 Å². The van der Waals surface area contributed by atoms with Crippen molar-refractivity contribution < 1.29 is 27.5 Å². The van der Waals surface area contributed by atoms with Crippen molar-refractivity contribution in [3.05, 3.63) is 52.2 Å². The van der Waals surface area contributed by atoms with E-state index in [1.807, 2.05) is 17.5 Å². The zero-order chi connectivity index (χ0) is 20.2. The highest BCUT2D eigenvalue weighted by Gasteiger charge is 2.37. The van der Waals surface area contributed by atoms with E-state index in [2.05, 4.69) is 10.6 Å². The molecule has 2 amide bonds. The zero-order valence-corrected chi connectivity index (χ0v) is 15.7. The number of alkyl halides is 3. The lowest BCUT2D eigenvalue weighted by Gasteiger charge is -2.36. The number of amides is 2. The van der Waals surface area contributed by atoms with Crippen molar-refractivity contribution in [1.82, 2.24) is 5.32 Å². The Balaban J connectivity index is 1.67. The van der Waals surface area contributed by atoms with E-state index in [-0.39, 0.29) is 12.0 Å². The standard InChI is InChI=1S/C19H19F3N2O3S/c20-19(21,22)13-4-1-2-5-14(13)24-17(26)16(25)23-12-18(7-9-27-10-8-18)15-6-3-11-28-15/h1-6,11H,7-10,12H2,(H,23,25)(H,24,26). The molecule has 1 saturated heterocycles. The van der Waals surface area contributed by atoms with Crippen LogP contribution in [0.5, 0.6) is 0 Å². The fraction of sp³-hybridized carbons (Fsp3) is 0.368. The van der Waals surface area contributed by atoms with Crippen molar-refractivity contribution in [3.8, 4) is 0 Å². The summed E-state index contributed by atoms with van der Waals surface area (Å²) in [7, 11) is 0. The minimum Gasteiger partial charge on any atom is -0.381 e. The first kappa shape index (κ1) is 20.3. The fourth-order valence-electron chi connectivity index (χ4n) is 3.20. The normalized spacial score (nSPS) is 16.4. The number of benzene rings is 1. The maximum atomic E-state index is 13.0. The van der Waals surface area contributed by atoms with Crippen molar-refractivity contribution in [2.45, 2.75) is 24.4 Å². The third-order valence-electron chi connectivity index (χ3n) is 4.77. The molecule has 0 bridgehead atoms. The van der Waals surface area contributed by atoms with E-state index in [4.69, 9.17) is 4.74 Å². The Morgan fingerprint density at radius 2 is 1.79 bits per heavy atom. The van der Waals surface area contributed by atoms with Crippen molar-refractivity contribution in [3.63, 3.8) is 0 Å². The lowest BCUT2D eigenvalue weighted by Crippen LogP contribution is -2.46. The first-order valence-electron chi connectivity index (χ1n) is 8.69. The van der Waals surface area contributed by atoms with Gasteiger partial charge in [0.25, 0.3) is 0 Å². The number of nitrogens with one attached hydrogen (secondary N) is 2. The second-order valence-corrected chi connectivity index (χ2v) is 7.50. The highest BCUT2D eigenvalue weighted by Crippen LogP contribution is 2.37. The van der Waals surface area contributed by atoms with Crippen LogP contribution in [0.3, 0.4) is 0 Å². The Morgan fingerprint density at radius 3 is 2.43 bits per heavy atom. The lowest BCUT2D eigenvalue weighted by atomic mass is 9.78. The van der Waals surface area contributed by atoms with E-state index < -0.39 is 29.2 Å². The molecular formula is C19H19F3N2O3S. The molecule has 1 aliphatic heterocycles. The van der Waals surface area contributed by atoms with E-state index in [0.717, 1.165) is 17.0 Å². The number of carbonyl (C=O) groups is 2. The maximum Gasteiger partial charge on any atom is 0.418 e. The Hall–Kier alpha value is -2.39. The topological polar surface area (TPSA) is 67.4 Å². The number of para-hydroxylation sites is 1. The largest absolute Gasteiger partial charge is 0.418 e. The summed E-state index contributed by atoms with van der Waals surface area (Å²) < 4.78 is 44.5. The van der Waals surface area contributed by atoms with Gasteiger partial charge in [-0.3, -0.25) is 9.59 Å². The number of rotatable bonds is 4. The monoisotopic (exact) mass is 412 g/mol. The van der Waals surface area contributed by atoms with Gasteiger partial charge in [0.2, 0.25) is 0 Å². The summed E-state index contributed by atoms with van der Waals surface area (Å²) in [4.78, 5) is 25.5. The number of carbonyl (C=O) groups excluding carboxylic acids is 2. The van der Waals surface area contributed by atoms with E-state index in [1.165, 1.54) is 12.1 Å². The van der Waals surface area contributed by atoms with Gasteiger partial charge < -0.3 is 15.4 Å². The molecule has 9 heteroatoms. The summed E-state index contributed by atoms with van der Waals surface area (Å²) in [6.45, 7) is 1.29. The molecule has 2 N–H and O–H groups in total. The Kier molecular flexibility index (Phi) is 6.04. The van der Waals surface area contributed by atoms with E-state index in [9.17, 15) is 22.8 Å². The summed E-state index contributed by atoms with van der Waals surface area (Å²) >= 11 is 1.56. The van der Waals surface area contributed by atoms with Crippen LogP contribution < -0.4 is 10.6 Å². The Labute approximate surface area is 163 Å². The molecule has 1 aromatic carbocycles. The molecule has 1 fully saturated rings. The van der Waals surface area contributed by atoms with Gasteiger partial charge in [-0.1, -0.05) is 18.2 Å². The smallest absolute Gasteiger partial charge is 0.381 e. The van der Waals surface area contributed by atoms with E-state index >= 15 is 0 Å². The summed E-state index contributed by atoms with van der Waals surface area (Å²) in [5.74, 6) is -2.11. The molecule has 5 nitrogen and oxygen atoms in total. The Bertz CT molecular complexity index is 831. The van der Waals surface area contributed by atoms with Crippen LogP contribution in [0, 0.1) is 0 Å². The summed E-state index contributed by atoms with van der Waals surface area (Å²) in [6, 6.07) is 8.42. The molecule has 1 aliphatic rings. The van der Waals surface area contributed by atoms with Crippen LogP contribution in [0.1, 0.15) is 23.3 Å². The average Bonchev–Trinajstić information content (AvgIpc) is 3.22. The molecule has 0 saturated carbocycles. The highest BCUT2D eigenvalue weighted by atomic mass is 32.1. The molecule has 1 aromatic heterocycles. The van der Waals surface area contributed by atoms with Gasteiger partial charge in [0, 0.05) is 30.1 Å². The number of halogens is 3. The van der Waals surface area contributed by atoms with E-state index in [0.29, 0.717) is 26.1 Å². The zero-order valence-electron chi connectivity index (χ0n) is 14.8. The van der Waals surface area contributed by atoms with Gasteiger partial charge in [0.15, 0.2) is 0 Å². The van der Waals surface area contributed by atoms with Crippen molar-refractivity contribution in [2.24, 2.45) is 0 Å². The fourth-order valence-corrected chi connectivity index (χ4v) is 4.19. The van der Waals surface area contributed by atoms with Gasteiger partial charge in [0.1, 0.15) is 0 Å². The minimum absolute atomic E-state index is 0.212. The maximum absolute atomic E-state index is 13.0. The van der Waals surface area contributed by atoms with Crippen molar-refractivity contribution >= 4 is 28.8 Å². The van der Waals surface area contributed by atoms with Gasteiger partial charge in [0.05, 0.1) is 11.3 Å². The van der Waals surface area contributed by atoms with Crippen LogP contribution in [0.2, 0.25) is 0 Å². The molecule has 0 aliphatic carbocycles. The van der Waals surface area contributed by atoms with Gasteiger partial charge >= 0.3 is 18.0 Å². The molecule has 2 heterocycles. The molecule has 0 unspecified atom stereocenters. The molecule has 0 atom stereocenters. The summed E-state index contributed by atoms with van der Waals surface area (Å²) in [5, 5.41) is 6.58. The third kappa shape index (κ3) is 4.53. The molecule has 28 heavy (non-hydrogen) atoms. The van der Waals surface area contributed by atoms with Gasteiger partial charge in [-0.2, -0.15) is 13.2 Å². The van der Waals surface area contributed by atoms with Crippen molar-refractivity contribution in [1.29, 1.82) is 0 Å². The number of thiophene rings is 1. The SMILES string of the molecule is O=C(NCC1(c2cccs2)CCOCC1)C(=O)Nc1ccccc1C(F)(F)F. The Morgan fingerprint density at radius 1 is 1.07 bits per heavy atom. The minimum atomic E-state index is -4.63. The van der Waals surface area contributed by atoms with E-state index in [1.54, 1.807) is 11.3 Å². The first-order valence-corrected chi connectivity index (χ1v) is 9.57. The van der Waals surface area contributed by atoms with Crippen LogP contribution in [0.15, 0.2) is 41.8 Å². The van der Waals surface area contributed by atoms with Gasteiger partial charge in [-0.25, -0.2) is 0 Å². The molecular weight excluding hydrogens is 393 g/mol. The van der Waals surface area contributed by atoms with Crippen LogP contribution in [0.4, 0.5) is 18.9 Å². The van der Waals surface area contributed by atoms with Crippen LogP contribution in [-0.2, 0) is 25.9 Å². The van der Waals surface area contributed by atoms with Crippen LogP contribution in [0.25, 0.3) is 0 Å². The highest BCUT2D eigenvalue weighted by molar-refractivity contribution is 7.10. The predicted octanol–water partition coefficient (Wildman–Crippen LogP) is 3.57. The number of hydrogen-bond donors (Lipinski definition) is 2. The van der Waals surface area contributed by atoms with Crippen LogP contribution >= 0.6 is 11.3 Å². The molecule has 150 valence electrons.